The first-order chi connectivity index (χ1) is 38.0. The third kappa shape index (κ3) is 19.7. The zero-order valence-corrected chi connectivity index (χ0v) is 46.5. The van der Waals surface area contributed by atoms with Gasteiger partial charge in [-0.1, -0.05) is 81.7 Å². The summed E-state index contributed by atoms with van der Waals surface area (Å²) >= 11 is 6.11. The summed E-state index contributed by atoms with van der Waals surface area (Å²) in [5.74, 6) is -7.70. The van der Waals surface area contributed by atoms with Crippen LogP contribution >= 0.6 is 33.2 Å². The first-order valence-corrected chi connectivity index (χ1v) is 28.5. The Kier molecular flexibility index (Phi) is 24.9. The van der Waals surface area contributed by atoms with E-state index in [0.29, 0.717) is 28.1 Å². The van der Waals surface area contributed by atoms with Gasteiger partial charge in [-0.25, -0.2) is 0 Å². The average Bonchev–Trinajstić information content (AvgIpc) is 3.42. The number of aromatic hydroxyl groups is 2. The molecule has 8 amide bonds. The molecule has 0 aliphatic carbocycles. The Labute approximate surface area is 475 Å². The van der Waals surface area contributed by atoms with Gasteiger partial charge < -0.3 is 75.3 Å². The maximum Gasteiger partial charge on any atom is 0.248 e. The molecule has 4 aromatic rings. The summed E-state index contributed by atoms with van der Waals surface area (Å²) in [4.78, 5) is 113. The minimum Gasteiger partial charge on any atom is -0.508 e. The highest BCUT2D eigenvalue weighted by Crippen LogP contribution is 2.26. The van der Waals surface area contributed by atoms with Crippen LogP contribution in [0.2, 0.25) is 5.02 Å². The molecule has 10 atom stereocenters. The van der Waals surface area contributed by atoms with E-state index in [9.17, 15) is 58.8 Å². The molecule has 0 aromatic heterocycles. The smallest absolute Gasteiger partial charge is 0.248 e. The van der Waals surface area contributed by atoms with Crippen LogP contribution in [-0.2, 0) is 59.2 Å². The summed E-state index contributed by atoms with van der Waals surface area (Å²) in [5.41, 5.74) is 25.9. The first-order valence-electron chi connectivity index (χ1n) is 25.6. The minimum atomic E-state index is -1.75. The van der Waals surface area contributed by atoms with Crippen LogP contribution in [0.25, 0.3) is 0 Å². The van der Waals surface area contributed by atoms with Gasteiger partial charge in [-0.2, -0.15) is 0 Å². The van der Waals surface area contributed by atoms with E-state index in [2.05, 4.69) is 31.9 Å². The summed E-state index contributed by atoms with van der Waals surface area (Å²) in [6.45, 7) is 1.43. The predicted molar refractivity (Wildman–Crippen MR) is 303 cm³/mol. The lowest BCUT2D eigenvalue weighted by molar-refractivity contribution is -0.137. The number of unbranched alkanes of at least 4 members (excludes halogenated alkanes) is 1. The molecule has 80 heavy (non-hydrogen) atoms. The molecule has 0 bridgehead atoms. The molecular weight excluding hydrogens is 1090 g/mol. The van der Waals surface area contributed by atoms with Gasteiger partial charge in [0.2, 0.25) is 47.3 Å². The fourth-order valence-electron chi connectivity index (χ4n) is 8.46. The molecule has 18 N–H and O–H groups in total. The minimum absolute atomic E-state index is 0.0466. The summed E-state index contributed by atoms with van der Waals surface area (Å²) in [7, 11) is 3.46. The van der Waals surface area contributed by atoms with Crippen molar-refractivity contribution >= 4 is 80.4 Å². The van der Waals surface area contributed by atoms with Crippen molar-refractivity contribution in [3.8, 4) is 11.5 Å². The van der Waals surface area contributed by atoms with Crippen LogP contribution in [0, 0.1) is 0 Å². The number of nitrogens with zero attached hydrogens (tertiary/aromatic N) is 1. The third-order valence-corrected chi connectivity index (χ3v) is 15.8. The monoisotopic (exact) mass is 1160 g/mol. The second kappa shape index (κ2) is 31.1. The van der Waals surface area contributed by atoms with Crippen LogP contribution < -0.4 is 54.8 Å². The molecule has 5 rings (SSSR count). The number of hydrogen-bond acceptors (Lipinski definition) is 17. The van der Waals surface area contributed by atoms with Crippen molar-refractivity contribution in [1.29, 1.82) is 0 Å². The lowest BCUT2D eigenvalue weighted by Crippen LogP contribution is -2.62. The van der Waals surface area contributed by atoms with Crippen LogP contribution in [0.15, 0.2) is 97.1 Å². The van der Waals surface area contributed by atoms with Gasteiger partial charge in [0.05, 0.1) is 6.10 Å². The van der Waals surface area contributed by atoms with Crippen LogP contribution in [0.1, 0.15) is 58.8 Å². The van der Waals surface area contributed by atoms with E-state index in [1.54, 1.807) is 24.3 Å². The van der Waals surface area contributed by atoms with Crippen LogP contribution in [0.5, 0.6) is 11.5 Å². The van der Waals surface area contributed by atoms with Gasteiger partial charge >= 0.3 is 0 Å². The second-order valence-electron chi connectivity index (χ2n) is 19.4. The fraction of sp³-hybridized carbons (Fsp3) is 0.407. The van der Waals surface area contributed by atoms with Crippen molar-refractivity contribution in [3.05, 3.63) is 130 Å². The molecule has 1 aliphatic rings. The highest BCUT2D eigenvalue weighted by Gasteiger charge is 2.38. The van der Waals surface area contributed by atoms with E-state index in [1.807, 2.05) is 0 Å². The first kappa shape index (κ1) is 63.9. The number of halogens is 1. The number of aliphatic hydroxyl groups is 2. The second-order valence-corrected chi connectivity index (χ2v) is 22.4. The fourth-order valence-corrected chi connectivity index (χ4v) is 11.0. The van der Waals surface area contributed by atoms with Gasteiger partial charge in [0.25, 0.3) is 0 Å². The summed E-state index contributed by atoms with van der Waals surface area (Å²) in [5, 5.41) is 59.1. The lowest BCUT2D eigenvalue weighted by atomic mass is 10.00. The molecule has 0 radical (unpaired) electrons. The number of hydrogen-bond donors (Lipinski definition) is 14. The van der Waals surface area contributed by atoms with Gasteiger partial charge in [0.1, 0.15) is 60.0 Å². The van der Waals surface area contributed by atoms with Crippen LogP contribution in [0.4, 0.5) is 0 Å². The zero-order valence-electron chi connectivity index (χ0n) is 44.1. The van der Waals surface area contributed by atoms with Crippen LogP contribution in [0.3, 0.4) is 0 Å². The molecular formula is C54H70ClN11O12S2. The summed E-state index contributed by atoms with van der Waals surface area (Å²) in [6.07, 6.45) is -2.89. The number of benzene rings is 4. The van der Waals surface area contributed by atoms with Crippen molar-refractivity contribution in [2.45, 2.75) is 113 Å². The van der Waals surface area contributed by atoms with Gasteiger partial charge in [0, 0.05) is 47.4 Å². The zero-order chi connectivity index (χ0) is 58.6. The van der Waals surface area contributed by atoms with E-state index >= 15 is 0 Å². The quantitative estimate of drug-likeness (QED) is 0.0297. The Morgan fingerprint density at radius 3 is 1.69 bits per heavy atom. The molecule has 0 saturated carbocycles. The van der Waals surface area contributed by atoms with Gasteiger partial charge in [-0.05, 0) is 117 Å². The standard InChI is InChI=1S/C54H70ClN11O12S2/c1-29(67)45-53(77)64-43(51(75)61-40(47(59)71)24-32-10-18-36(68)19-11-32)27-79-80-28-44(66(2)54(78)38(57)23-30-8-16-35(55)17-9-30)52(76)63-42(26-33-12-20-37(69)21-13-33)50(74)62-41(25-31-6-14-34(15-7-31)46(58)70)49(73)60-39(48(72)65-45)5-3-4-22-56/h6-21,29,38-45,54,67-69,78H,3-5,22-28,56-57H2,1-2H3,(H2,58,70)(H2,59,71)(H,60,73)(H,61,75)(H,62,74)(H,63,76)(H,64,77)(H,65,72)/t29-,38+,39+,40-,41-,42+,43+,44-,45+,54?/m1/s1. The largest absolute Gasteiger partial charge is 0.508 e. The number of primary amides is 2. The SMILES string of the molecule is C[C@@H](O)[C@@H]1NC(=O)[C@H](CCCCN)NC(=O)[C@@H](Cc2ccc(C(N)=O)cc2)NC(=O)[C@H](Cc2ccc(O)cc2)NC(=O)[C@H](N(C)C(O)[C@@H](N)Cc2ccc(Cl)cc2)CSSC[C@@H](C(=O)N[C@H](Cc2ccc(O)cc2)C(N)=O)NC1=O. The molecule has 4 aromatic carbocycles. The van der Waals surface area contributed by atoms with Gasteiger partial charge in [0.15, 0.2) is 0 Å². The number of carbonyl (C=O) groups excluding carboxylic acids is 8. The number of rotatable bonds is 20. The lowest BCUT2D eigenvalue weighted by Gasteiger charge is -2.35. The molecule has 432 valence electrons. The van der Waals surface area contributed by atoms with Crippen molar-refractivity contribution in [2.75, 3.05) is 25.1 Å². The Morgan fingerprint density at radius 1 is 0.662 bits per heavy atom. The van der Waals surface area contributed by atoms with Crippen molar-refractivity contribution in [3.63, 3.8) is 0 Å². The topological polar surface area (TPSA) is 397 Å². The summed E-state index contributed by atoms with van der Waals surface area (Å²) in [6, 6.07) is 13.0. The van der Waals surface area contributed by atoms with E-state index < -0.39 is 108 Å². The van der Waals surface area contributed by atoms with E-state index in [-0.39, 0.29) is 73.6 Å². The van der Waals surface area contributed by atoms with E-state index in [1.165, 1.54) is 91.7 Å². The maximum absolute atomic E-state index is 14.9. The highest BCUT2D eigenvalue weighted by molar-refractivity contribution is 8.76. The van der Waals surface area contributed by atoms with E-state index in [0.717, 1.165) is 27.2 Å². The molecule has 23 nitrogen and oxygen atoms in total. The number of aliphatic hydroxyl groups excluding tert-OH is 2. The Hall–Kier alpha value is -6.97. The Morgan fingerprint density at radius 2 is 1.15 bits per heavy atom. The Bertz CT molecular complexity index is 2750. The molecule has 1 saturated heterocycles. The summed E-state index contributed by atoms with van der Waals surface area (Å²) < 4.78 is 0. The maximum atomic E-state index is 14.9. The molecule has 1 heterocycles. The number of amides is 8. The van der Waals surface area contributed by atoms with Crippen LogP contribution in [-0.4, -0.2) is 158 Å². The van der Waals surface area contributed by atoms with Crippen molar-refractivity contribution in [1.82, 2.24) is 36.8 Å². The highest BCUT2D eigenvalue weighted by atomic mass is 35.5. The van der Waals surface area contributed by atoms with Crippen molar-refractivity contribution in [2.24, 2.45) is 22.9 Å². The number of phenolic OH excluding ortho intramolecular Hbond substituents is 2. The normalized spacial score (nSPS) is 21.5. The number of nitrogens with two attached hydrogens (primary N) is 4. The number of nitrogens with one attached hydrogen (secondary N) is 6. The van der Waals surface area contributed by atoms with Crippen molar-refractivity contribution < 1.29 is 58.8 Å². The number of phenols is 2. The molecule has 1 unspecified atom stereocenters. The number of likely N-dealkylation sites (N-methyl/N-ethyl adjacent to an activating group) is 1. The predicted octanol–water partition coefficient (Wildman–Crippen LogP) is -0.634. The van der Waals surface area contributed by atoms with Gasteiger partial charge in [-0.15, -0.1) is 0 Å². The molecule has 26 heteroatoms. The van der Waals surface area contributed by atoms with Gasteiger partial charge in [-0.3, -0.25) is 43.3 Å². The molecule has 0 spiro atoms. The Balaban J connectivity index is 1.60. The van der Waals surface area contributed by atoms with E-state index in [4.69, 9.17) is 34.5 Å². The third-order valence-electron chi connectivity index (χ3n) is 13.2. The molecule has 1 aliphatic heterocycles. The number of carbonyl (C=O) groups is 8. The molecule has 1 fully saturated rings. The average molecular weight is 1160 g/mol.